The third-order valence-corrected chi connectivity index (χ3v) is 9.71. The Morgan fingerprint density at radius 3 is 2.23 bits per heavy atom. The van der Waals surface area contributed by atoms with E-state index in [-0.39, 0.29) is 16.4 Å². The van der Waals surface area contributed by atoms with Crippen LogP contribution in [-0.2, 0) is 5.41 Å². The molecule has 2 bridgehead atoms. The second-order valence-corrected chi connectivity index (χ2v) is 12.3. The highest BCUT2D eigenvalue weighted by Crippen LogP contribution is 2.58. The number of halogens is 2. The lowest BCUT2D eigenvalue weighted by Crippen LogP contribution is -2.43. The van der Waals surface area contributed by atoms with Crippen LogP contribution in [0.15, 0.2) is 57.6 Å². The van der Waals surface area contributed by atoms with E-state index in [1.54, 1.807) is 24.3 Å². The fourth-order valence-corrected chi connectivity index (χ4v) is 6.96. The van der Waals surface area contributed by atoms with Gasteiger partial charge in [0.05, 0.1) is 15.6 Å². The van der Waals surface area contributed by atoms with Gasteiger partial charge in [0.15, 0.2) is 0 Å². The summed E-state index contributed by atoms with van der Waals surface area (Å²) in [6.07, 6.45) is 12.8. The molecular weight excluding hydrogens is 549 g/mol. The Balaban J connectivity index is 1.12. The number of carboxylic acids is 1. The Bertz CT molecular complexity index is 1590. The van der Waals surface area contributed by atoms with Crippen molar-refractivity contribution < 1.29 is 18.9 Å². The normalized spacial score (nSPS) is 24.1. The number of hydrogen-bond donors (Lipinski definition) is 1. The monoisotopic (exact) mass is 575 g/mol. The number of benzene rings is 2. The van der Waals surface area contributed by atoms with Gasteiger partial charge in [-0.2, -0.15) is 4.98 Å². The summed E-state index contributed by atoms with van der Waals surface area (Å²) < 4.78 is 11.7. The Morgan fingerprint density at radius 2 is 1.60 bits per heavy atom. The molecule has 0 spiro atoms. The van der Waals surface area contributed by atoms with Crippen molar-refractivity contribution in [1.82, 2.24) is 15.3 Å². The molecule has 2 heterocycles. The number of aromatic nitrogens is 3. The Hall–Kier alpha value is -3.42. The lowest BCUT2D eigenvalue weighted by Gasteiger charge is -2.50. The van der Waals surface area contributed by atoms with Gasteiger partial charge in [-0.25, -0.2) is 4.79 Å². The van der Waals surface area contributed by atoms with Crippen LogP contribution < -0.4 is 0 Å². The molecule has 4 aromatic rings. The van der Waals surface area contributed by atoms with Gasteiger partial charge in [0.2, 0.25) is 11.7 Å². The third kappa shape index (κ3) is 4.36. The number of carbonyl (C=O) groups is 1. The summed E-state index contributed by atoms with van der Waals surface area (Å²) in [6, 6.07) is 12.1. The van der Waals surface area contributed by atoms with Crippen molar-refractivity contribution in [2.45, 2.75) is 62.7 Å². The van der Waals surface area contributed by atoms with E-state index in [4.69, 9.17) is 42.3 Å². The molecule has 40 heavy (non-hydrogen) atoms. The van der Waals surface area contributed by atoms with Gasteiger partial charge in [-0.15, -0.1) is 0 Å². The molecule has 0 aliphatic heterocycles. The number of aromatic carboxylic acids is 1. The molecule has 2 aromatic heterocycles. The van der Waals surface area contributed by atoms with Crippen molar-refractivity contribution in [3.05, 3.63) is 81.4 Å². The minimum absolute atomic E-state index is 0.0941. The van der Waals surface area contributed by atoms with Gasteiger partial charge in [0.1, 0.15) is 11.5 Å². The van der Waals surface area contributed by atoms with E-state index < -0.39 is 5.97 Å². The first-order valence-corrected chi connectivity index (χ1v) is 14.4. The highest BCUT2D eigenvalue weighted by molar-refractivity contribution is 6.39. The van der Waals surface area contributed by atoms with Crippen LogP contribution in [0.25, 0.3) is 28.7 Å². The second kappa shape index (κ2) is 9.60. The van der Waals surface area contributed by atoms with Crippen molar-refractivity contribution in [2.24, 2.45) is 5.41 Å². The number of allylic oxidation sites excluding steroid dienone is 1. The minimum atomic E-state index is -0.960. The molecule has 2 aromatic carbocycles. The molecule has 0 unspecified atom stereocenters. The minimum Gasteiger partial charge on any atom is -0.478 e. The van der Waals surface area contributed by atoms with Crippen LogP contribution in [0.3, 0.4) is 0 Å². The van der Waals surface area contributed by atoms with Crippen LogP contribution >= 0.6 is 23.2 Å². The van der Waals surface area contributed by atoms with Gasteiger partial charge in [-0.1, -0.05) is 63.9 Å². The lowest BCUT2D eigenvalue weighted by molar-refractivity contribution is 0.0569. The predicted octanol–water partition coefficient (Wildman–Crippen LogP) is 8.58. The van der Waals surface area contributed by atoms with Crippen molar-refractivity contribution in [3.8, 4) is 22.6 Å². The highest BCUT2D eigenvalue weighted by atomic mass is 35.5. The molecular formula is C31H27Cl2N3O4. The molecule has 8 rings (SSSR count). The van der Waals surface area contributed by atoms with Crippen molar-refractivity contribution >= 4 is 35.2 Å². The number of hydrogen-bond acceptors (Lipinski definition) is 6. The molecule has 4 aliphatic carbocycles. The summed E-state index contributed by atoms with van der Waals surface area (Å²) in [5.74, 6) is 1.55. The van der Waals surface area contributed by atoms with Crippen LogP contribution in [0.1, 0.15) is 84.9 Å². The summed E-state index contributed by atoms with van der Waals surface area (Å²) in [5, 5.41) is 18.9. The maximum absolute atomic E-state index is 11.2. The van der Waals surface area contributed by atoms with E-state index in [1.165, 1.54) is 0 Å². The molecule has 0 atom stereocenters. The quantitative estimate of drug-likeness (QED) is 0.235. The van der Waals surface area contributed by atoms with E-state index in [0.29, 0.717) is 33.4 Å². The van der Waals surface area contributed by atoms with E-state index in [2.05, 4.69) is 22.5 Å². The fourth-order valence-electron chi connectivity index (χ4n) is 6.38. The molecule has 1 N–H and O–H groups in total. The molecule has 4 aliphatic rings. The highest BCUT2D eigenvalue weighted by Gasteiger charge is 2.51. The summed E-state index contributed by atoms with van der Waals surface area (Å²) in [5.41, 5.74) is 3.37. The maximum Gasteiger partial charge on any atom is 0.335 e. The second-order valence-electron chi connectivity index (χ2n) is 11.5. The first kappa shape index (κ1) is 25.5. The standard InChI is InChI=1S/C31H27Cl2N3O4/c32-22-2-1-3-23(33)24(22)25-21(26(39-35-25)18-4-5-18)10-11-30-12-15-31(16-13-30,17-14-30)29-34-27(36-40-29)19-6-8-20(9-7-19)28(37)38/h1-3,6-11,18H,4-5,12-17H2,(H,37,38). The van der Waals surface area contributed by atoms with Gasteiger partial charge < -0.3 is 14.2 Å². The zero-order valence-electron chi connectivity index (χ0n) is 21.7. The van der Waals surface area contributed by atoms with Crippen LogP contribution in [0.4, 0.5) is 0 Å². The number of rotatable bonds is 7. The van der Waals surface area contributed by atoms with Crippen LogP contribution in [-0.4, -0.2) is 26.4 Å². The summed E-state index contributed by atoms with van der Waals surface area (Å²) >= 11 is 13.1. The number of nitrogens with zero attached hydrogens (tertiary/aromatic N) is 3. The Kier molecular flexibility index (Phi) is 6.13. The zero-order chi connectivity index (χ0) is 27.5. The van der Waals surface area contributed by atoms with Gasteiger partial charge in [0, 0.05) is 28.0 Å². The van der Waals surface area contributed by atoms with Crippen LogP contribution in [0.2, 0.25) is 10.0 Å². The van der Waals surface area contributed by atoms with Crippen molar-refractivity contribution in [1.29, 1.82) is 0 Å². The molecule has 0 radical (unpaired) electrons. The predicted molar refractivity (Wildman–Crippen MR) is 151 cm³/mol. The van der Waals surface area contributed by atoms with Crippen molar-refractivity contribution in [2.75, 3.05) is 0 Å². The van der Waals surface area contributed by atoms with Gasteiger partial charge in [-0.3, -0.25) is 0 Å². The third-order valence-electron chi connectivity index (χ3n) is 9.08. The molecule has 7 nitrogen and oxygen atoms in total. The first-order valence-electron chi connectivity index (χ1n) is 13.7. The number of fused-ring (bicyclic) bond motifs is 3. The average molecular weight is 576 g/mol. The van der Waals surface area contributed by atoms with Crippen LogP contribution in [0.5, 0.6) is 0 Å². The van der Waals surface area contributed by atoms with Crippen LogP contribution in [0, 0.1) is 5.41 Å². The van der Waals surface area contributed by atoms with E-state index >= 15 is 0 Å². The van der Waals surface area contributed by atoms with Gasteiger partial charge in [-0.05, 0) is 81.0 Å². The SMILES string of the molecule is O=C(O)c1ccc(-c2noc(C34CCC(C=Cc5c(-c6c(Cl)cccc6Cl)noc5C5CC5)(CC3)CC4)n2)cc1. The van der Waals surface area contributed by atoms with E-state index in [1.807, 2.05) is 18.2 Å². The Morgan fingerprint density at radius 1 is 0.925 bits per heavy atom. The molecule has 0 saturated heterocycles. The van der Waals surface area contributed by atoms with Crippen molar-refractivity contribution in [3.63, 3.8) is 0 Å². The largest absolute Gasteiger partial charge is 0.478 e. The first-order chi connectivity index (χ1) is 19.4. The lowest BCUT2D eigenvalue weighted by atomic mass is 9.53. The molecule has 4 fully saturated rings. The van der Waals surface area contributed by atoms with E-state index in [9.17, 15) is 4.79 Å². The topological polar surface area (TPSA) is 102 Å². The average Bonchev–Trinajstić information content (AvgIpc) is 3.53. The van der Waals surface area contributed by atoms with Gasteiger partial charge in [0.25, 0.3) is 0 Å². The fraction of sp³-hybridized carbons (Fsp3) is 0.355. The summed E-state index contributed by atoms with van der Waals surface area (Å²) in [4.78, 5) is 15.9. The summed E-state index contributed by atoms with van der Waals surface area (Å²) in [7, 11) is 0. The molecule has 9 heteroatoms. The zero-order valence-corrected chi connectivity index (χ0v) is 23.2. The summed E-state index contributed by atoms with van der Waals surface area (Å²) in [6.45, 7) is 0. The smallest absolute Gasteiger partial charge is 0.335 e. The maximum atomic E-state index is 11.2. The molecule has 204 valence electrons. The van der Waals surface area contributed by atoms with E-state index in [0.717, 1.165) is 73.8 Å². The number of carboxylic acid groups (broad SMARTS) is 1. The molecule has 0 amide bonds. The molecule has 4 saturated carbocycles. The van der Waals surface area contributed by atoms with Gasteiger partial charge >= 0.3 is 5.97 Å². The Labute approximate surface area is 241 Å².